The zero-order valence-corrected chi connectivity index (χ0v) is 8.88. The van der Waals surface area contributed by atoms with Crippen LogP contribution < -0.4 is 5.32 Å². The van der Waals surface area contributed by atoms with Crippen LogP contribution in [0.2, 0.25) is 0 Å². The molecule has 17 heavy (non-hydrogen) atoms. The summed E-state index contributed by atoms with van der Waals surface area (Å²) < 4.78 is 37.8. The van der Waals surface area contributed by atoms with Crippen LogP contribution in [0.4, 0.5) is 13.2 Å². The first-order valence-corrected chi connectivity index (χ1v) is 5.17. The van der Waals surface area contributed by atoms with Crippen molar-refractivity contribution in [1.82, 2.24) is 5.32 Å². The van der Waals surface area contributed by atoms with E-state index in [0.29, 0.717) is 0 Å². The average Bonchev–Trinajstić information content (AvgIpc) is 3.00. The minimum atomic E-state index is -4.28. The van der Waals surface area contributed by atoms with Crippen LogP contribution >= 0.6 is 0 Å². The van der Waals surface area contributed by atoms with Gasteiger partial charge in [0.05, 0.1) is 0 Å². The van der Waals surface area contributed by atoms with Gasteiger partial charge in [-0.25, -0.2) is 0 Å². The normalized spacial score (nSPS) is 18.1. The largest absolute Gasteiger partial charge is 0.504 e. The quantitative estimate of drug-likeness (QED) is 0.718. The van der Waals surface area contributed by atoms with Crippen molar-refractivity contribution in [2.24, 2.45) is 0 Å². The fourth-order valence-corrected chi connectivity index (χ4v) is 1.67. The number of phenols is 2. The average molecular weight is 247 g/mol. The molecule has 0 saturated heterocycles. The molecule has 1 fully saturated rings. The van der Waals surface area contributed by atoms with Gasteiger partial charge in [0.25, 0.3) is 0 Å². The van der Waals surface area contributed by atoms with Gasteiger partial charge in [0.15, 0.2) is 11.5 Å². The van der Waals surface area contributed by atoms with Crippen LogP contribution in [0.3, 0.4) is 0 Å². The standard InChI is InChI=1S/C11H12F3NO2/c12-11(13,14)10(4-5-10)15-6-7-2-1-3-8(16)9(7)17/h1-3,15-17H,4-6H2. The van der Waals surface area contributed by atoms with Gasteiger partial charge in [-0.3, -0.25) is 5.32 Å². The molecule has 0 aliphatic heterocycles. The second kappa shape index (κ2) is 3.80. The van der Waals surface area contributed by atoms with Crippen molar-refractivity contribution in [2.45, 2.75) is 31.1 Å². The van der Waals surface area contributed by atoms with Crippen LogP contribution in [-0.4, -0.2) is 21.9 Å². The summed E-state index contributed by atoms with van der Waals surface area (Å²) in [5, 5.41) is 21.0. The monoisotopic (exact) mass is 247 g/mol. The molecular weight excluding hydrogens is 235 g/mol. The van der Waals surface area contributed by atoms with Crippen molar-refractivity contribution >= 4 is 0 Å². The first kappa shape index (κ1) is 12.0. The highest BCUT2D eigenvalue weighted by Crippen LogP contribution is 2.49. The number of halogens is 3. The number of alkyl halides is 3. The molecule has 0 aromatic heterocycles. The predicted octanol–water partition coefficient (Wildman–Crippen LogP) is 2.28. The van der Waals surface area contributed by atoms with Gasteiger partial charge in [0, 0.05) is 12.1 Å². The van der Waals surface area contributed by atoms with E-state index in [1.54, 1.807) is 0 Å². The molecule has 1 aliphatic carbocycles. The van der Waals surface area contributed by atoms with Crippen LogP contribution in [0.25, 0.3) is 0 Å². The third-order valence-electron chi connectivity index (χ3n) is 3.01. The maximum Gasteiger partial charge on any atom is 0.406 e. The number of para-hydroxylation sites is 1. The van der Waals surface area contributed by atoms with E-state index in [-0.39, 0.29) is 36.4 Å². The smallest absolute Gasteiger partial charge is 0.406 e. The van der Waals surface area contributed by atoms with Gasteiger partial charge in [-0.1, -0.05) is 12.1 Å². The van der Waals surface area contributed by atoms with Crippen LogP contribution in [0.5, 0.6) is 11.5 Å². The molecule has 6 heteroatoms. The van der Waals surface area contributed by atoms with Crippen LogP contribution in [0.15, 0.2) is 18.2 Å². The van der Waals surface area contributed by atoms with Gasteiger partial charge in [-0.05, 0) is 18.9 Å². The van der Waals surface area contributed by atoms with E-state index < -0.39 is 11.7 Å². The SMILES string of the molecule is Oc1cccc(CNC2(C(F)(F)F)CC2)c1O. The number of phenolic OH excluding ortho intramolecular Hbond substituents is 2. The molecule has 0 spiro atoms. The molecule has 1 aromatic rings. The summed E-state index contributed by atoms with van der Waals surface area (Å²) in [5.41, 5.74) is -1.56. The summed E-state index contributed by atoms with van der Waals surface area (Å²) in [7, 11) is 0. The molecule has 94 valence electrons. The summed E-state index contributed by atoms with van der Waals surface area (Å²) >= 11 is 0. The topological polar surface area (TPSA) is 52.5 Å². The predicted molar refractivity (Wildman–Crippen MR) is 54.6 cm³/mol. The lowest BCUT2D eigenvalue weighted by molar-refractivity contribution is -0.166. The second-order valence-electron chi connectivity index (χ2n) is 4.22. The molecule has 1 aliphatic rings. The van der Waals surface area contributed by atoms with Crippen LogP contribution in [0.1, 0.15) is 18.4 Å². The third-order valence-corrected chi connectivity index (χ3v) is 3.01. The molecule has 0 radical (unpaired) electrons. The lowest BCUT2D eigenvalue weighted by Crippen LogP contribution is -2.44. The highest BCUT2D eigenvalue weighted by Gasteiger charge is 2.62. The molecule has 0 bridgehead atoms. The van der Waals surface area contributed by atoms with E-state index in [9.17, 15) is 23.4 Å². The maximum absolute atomic E-state index is 12.6. The molecule has 3 N–H and O–H groups in total. The number of rotatable bonds is 3. The van der Waals surface area contributed by atoms with Crippen molar-refractivity contribution < 1.29 is 23.4 Å². The summed E-state index contributed by atoms with van der Waals surface area (Å²) in [5.74, 6) is -0.709. The maximum atomic E-state index is 12.6. The molecule has 2 rings (SSSR count). The highest BCUT2D eigenvalue weighted by molar-refractivity contribution is 5.44. The van der Waals surface area contributed by atoms with Gasteiger partial charge >= 0.3 is 6.18 Å². The Morgan fingerprint density at radius 2 is 1.88 bits per heavy atom. The van der Waals surface area contributed by atoms with Crippen molar-refractivity contribution in [3.8, 4) is 11.5 Å². The Morgan fingerprint density at radius 3 is 2.41 bits per heavy atom. The Bertz CT molecular complexity index is 427. The van der Waals surface area contributed by atoms with E-state index in [0.717, 1.165) is 0 Å². The summed E-state index contributed by atoms with van der Waals surface area (Å²) in [6.45, 7) is -0.125. The van der Waals surface area contributed by atoms with Crippen LogP contribution in [-0.2, 0) is 6.54 Å². The van der Waals surface area contributed by atoms with E-state index >= 15 is 0 Å². The molecule has 0 atom stereocenters. The Morgan fingerprint density at radius 1 is 1.24 bits per heavy atom. The van der Waals surface area contributed by atoms with Crippen molar-refractivity contribution in [3.05, 3.63) is 23.8 Å². The first-order valence-electron chi connectivity index (χ1n) is 5.17. The second-order valence-corrected chi connectivity index (χ2v) is 4.22. The Hall–Kier alpha value is -1.43. The fraction of sp³-hybridized carbons (Fsp3) is 0.455. The minimum Gasteiger partial charge on any atom is -0.504 e. The molecule has 0 unspecified atom stereocenters. The molecule has 3 nitrogen and oxygen atoms in total. The number of benzene rings is 1. The third kappa shape index (κ3) is 2.17. The lowest BCUT2D eigenvalue weighted by Gasteiger charge is -2.21. The summed E-state index contributed by atoms with van der Waals surface area (Å²) in [6, 6.07) is 4.21. The number of aromatic hydroxyl groups is 2. The number of hydrogen-bond donors (Lipinski definition) is 3. The van der Waals surface area contributed by atoms with E-state index in [4.69, 9.17) is 0 Å². The van der Waals surface area contributed by atoms with Crippen molar-refractivity contribution in [2.75, 3.05) is 0 Å². The fourth-order valence-electron chi connectivity index (χ4n) is 1.67. The van der Waals surface area contributed by atoms with E-state index in [1.165, 1.54) is 18.2 Å². The minimum absolute atomic E-state index is 0.0517. The van der Waals surface area contributed by atoms with Gasteiger partial charge in [-0.2, -0.15) is 13.2 Å². The Balaban J connectivity index is 2.06. The summed E-state index contributed by atoms with van der Waals surface area (Å²) in [6.07, 6.45) is -4.18. The van der Waals surface area contributed by atoms with E-state index in [2.05, 4.69) is 5.32 Å². The number of hydrogen-bond acceptors (Lipinski definition) is 3. The summed E-state index contributed by atoms with van der Waals surface area (Å²) in [4.78, 5) is 0. The zero-order valence-electron chi connectivity index (χ0n) is 8.88. The van der Waals surface area contributed by atoms with Gasteiger partial charge in [0.2, 0.25) is 0 Å². The molecule has 0 heterocycles. The van der Waals surface area contributed by atoms with Crippen molar-refractivity contribution in [1.29, 1.82) is 0 Å². The van der Waals surface area contributed by atoms with Gasteiger partial charge < -0.3 is 10.2 Å². The van der Waals surface area contributed by atoms with Gasteiger partial charge in [-0.15, -0.1) is 0 Å². The van der Waals surface area contributed by atoms with Crippen molar-refractivity contribution in [3.63, 3.8) is 0 Å². The number of nitrogens with one attached hydrogen (secondary N) is 1. The molecule has 0 amide bonds. The zero-order chi connectivity index (χ0) is 12.7. The van der Waals surface area contributed by atoms with Crippen LogP contribution in [0, 0.1) is 0 Å². The molecule has 1 aromatic carbocycles. The first-order chi connectivity index (χ1) is 7.86. The highest BCUT2D eigenvalue weighted by atomic mass is 19.4. The lowest BCUT2D eigenvalue weighted by atomic mass is 10.1. The Labute approximate surface area is 95.9 Å². The van der Waals surface area contributed by atoms with E-state index in [1.807, 2.05) is 0 Å². The molecule has 1 saturated carbocycles. The molecular formula is C11H12F3NO2. The Kier molecular flexibility index (Phi) is 2.69. The van der Waals surface area contributed by atoms with Gasteiger partial charge in [0.1, 0.15) is 5.54 Å².